The Morgan fingerprint density at radius 1 is 0.879 bits per heavy atom. The quantitative estimate of drug-likeness (QED) is 0.281. The SMILES string of the molecule is COC(=O)c1c(C(=O)c2cc3ccccc3o2)n(S(=O)(=O)c2ccccc2)c2ccccc12. The van der Waals surface area contributed by atoms with Crippen LogP contribution in [0.15, 0.2) is 94.2 Å². The van der Waals surface area contributed by atoms with Crippen LogP contribution in [0.2, 0.25) is 0 Å². The number of rotatable bonds is 5. The van der Waals surface area contributed by atoms with E-state index in [1.54, 1.807) is 60.7 Å². The lowest BCUT2D eigenvalue weighted by molar-refractivity contribution is 0.0599. The minimum atomic E-state index is -4.25. The zero-order valence-electron chi connectivity index (χ0n) is 17.4. The number of hydrogen-bond donors (Lipinski definition) is 0. The topological polar surface area (TPSA) is 95.6 Å². The Kier molecular flexibility index (Phi) is 4.87. The lowest BCUT2D eigenvalue weighted by Gasteiger charge is -2.11. The van der Waals surface area contributed by atoms with Crippen molar-refractivity contribution in [3.8, 4) is 0 Å². The lowest BCUT2D eigenvalue weighted by atomic mass is 10.1. The first-order valence-corrected chi connectivity index (χ1v) is 11.4. The van der Waals surface area contributed by atoms with Gasteiger partial charge in [-0.15, -0.1) is 0 Å². The lowest BCUT2D eigenvalue weighted by Crippen LogP contribution is -2.21. The Morgan fingerprint density at radius 2 is 1.55 bits per heavy atom. The summed E-state index contributed by atoms with van der Waals surface area (Å²) in [7, 11) is -3.08. The van der Waals surface area contributed by atoms with Crippen LogP contribution in [0.3, 0.4) is 0 Å². The Balaban J connectivity index is 1.88. The third-order valence-electron chi connectivity index (χ3n) is 5.37. The van der Waals surface area contributed by atoms with Crippen molar-refractivity contribution in [2.75, 3.05) is 7.11 Å². The molecule has 0 aliphatic rings. The van der Waals surface area contributed by atoms with E-state index in [1.165, 1.54) is 31.4 Å². The molecule has 164 valence electrons. The molecule has 5 aromatic rings. The highest BCUT2D eigenvalue weighted by Gasteiger charge is 2.35. The van der Waals surface area contributed by atoms with Gasteiger partial charge in [0.25, 0.3) is 10.0 Å². The fourth-order valence-corrected chi connectivity index (χ4v) is 5.43. The van der Waals surface area contributed by atoms with Gasteiger partial charge in [-0.1, -0.05) is 54.6 Å². The van der Waals surface area contributed by atoms with Gasteiger partial charge in [0.15, 0.2) is 5.76 Å². The number of esters is 1. The Bertz CT molecular complexity index is 1610. The van der Waals surface area contributed by atoms with Gasteiger partial charge in [0.2, 0.25) is 5.78 Å². The third-order valence-corrected chi connectivity index (χ3v) is 7.10. The molecule has 5 rings (SSSR count). The van der Waals surface area contributed by atoms with Gasteiger partial charge in [-0.3, -0.25) is 4.79 Å². The van der Waals surface area contributed by atoms with Crippen molar-refractivity contribution in [1.82, 2.24) is 3.97 Å². The maximum absolute atomic E-state index is 13.7. The minimum Gasteiger partial charge on any atom is -0.465 e. The molecule has 0 saturated heterocycles. The molecule has 0 atom stereocenters. The third kappa shape index (κ3) is 3.23. The number of nitrogens with zero attached hydrogens (tertiary/aromatic N) is 1. The first kappa shape index (κ1) is 20.7. The molecule has 8 heteroatoms. The normalized spacial score (nSPS) is 11.7. The number of para-hydroxylation sites is 2. The van der Waals surface area contributed by atoms with Crippen LogP contribution in [0.1, 0.15) is 26.6 Å². The van der Waals surface area contributed by atoms with Crippen molar-refractivity contribution in [3.05, 3.63) is 102 Å². The number of fused-ring (bicyclic) bond motifs is 2. The highest BCUT2D eigenvalue weighted by molar-refractivity contribution is 7.90. The fourth-order valence-electron chi connectivity index (χ4n) is 3.88. The Hall–Kier alpha value is -4.17. The van der Waals surface area contributed by atoms with Crippen LogP contribution in [0, 0.1) is 0 Å². The smallest absolute Gasteiger partial charge is 0.340 e. The molecule has 0 aliphatic carbocycles. The molecule has 0 unspecified atom stereocenters. The molecule has 0 fully saturated rings. The number of methoxy groups -OCH3 is 1. The van der Waals surface area contributed by atoms with Crippen molar-refractivity contribution in [3.63, 3.8) is 0 Å². The molecule has 0 N–H and O–H groups in total. The molecule has 0 bridgehead atoms. The molecule has 0 saturated carbocycles. The molecular weight excluding hydrogens is 442 g/mol. The van der Waals surface area contributed by atoms with E-state index >= 15 is 0 Å². The van der Waals surface area contributed by atoms with E-state index in [9.17, 15) is 18.0 Å². The van der Waals surface area contributed by atoms with Gasteiger partial charge in [-0.2, -0.15) is 0 Å². The summed E-state index contributed by atoms with van der Waals surface area (Å²) in [6.45, 7) is 0. The second-order valence-electron chi connectivity index (χ2n) is 7.29. The molecule has 2 aromatic heterocycles. The van der Waals surface area contributed by atoms with Gasteiger partial charge in [0, 0.05) is 10.8 Å². The van der Waals surface area contributed by atoms with Crippen LogP contribution >= 0.6 is 0 Å². The summed E-state index contributed by atoms with van der Waals surface area (Å²) in [5, 5.41) is 0.956. The average molecular weight is 459 g/mol. The number of aromatic nitrogens is 1. The molecule has 0 aliphatic heterocycles. The van der Waals surface area contributed by atoms with Crippen molar-refractivity contribution in [2.24, 2.45) is 0 Å². The number of ketones is 1. The van der Waals surface area contributed by atoms with Crippen LogP contribution in [0.4, 0.5) is 0 Å². The van der Waals surface area contributed by atoms with E-state index in [0.717, 1.165) is 3.97 Å². The van der Waals surface area contributed by atoms with E-state index < -0.39 is 21.8 Å². The van der Waals surface area contributed by atoms with Crippen molar-refractivity contribution >= 4 is 43.6 Å². The highest BCUT2D eigenvalue weighted by atomic mass is 32.2. The number of carbonyl (C=O) groups excluding carboxylic acids is 2. The summed E-state index contributed by atoms with van der Waals surface area (Å²) < 4.78 is 39.0. The first-order chi connectivity index (χ1) is 15.9. The fraction of sp³-hybridized carbons (Fsp3) is 0.0400. The zero-order valence-corrected chi connectivity index (χ0v) is 18.2. The van der Waals surface area contributed by atoms with Crippen LogP contribution in [0.25, 0.3) is 21.9 Å². The van der Waals surface area contributed by atoms with Gasteiger partial charge in [-0.05, 0) is 30.3 Å². The van der Waals surface area contributed by atoms with Gasteiger partial charge in [0.1, 0.15) is 11.3 Å². The Morgan fingerprint density at radius 3 is 2.27 bits per heavy atom. The molecule has 0 spiro atoms. The van der Waals surface area contributed by atoms with Gasteiger partial charge >= 0.3 is 5.97 Å². The summed E-state index contributed by atoms with van der Waals surface area (Å²) in [6, 6.07) is 22.7. The van der Waals surface area contributed by atoms with Crippen LogP contribution in [-0.4, -0.2) is 31.3 Å². The van der Waals surface area contributed by atoms with Gasteiger partial charge in [0.05, 0.1) is 23.1 Å². The summed E-state index contributed by atoms with van der Waals surface area (Å²) >= 11 is 0. The molecule has 0 amide bonds. The number of carbonyl (C=O) groups is 2. The number of furan rings is 1. The summed E-state index contributed by atoms with van der Waals surface area (Å²) in [4.78, 5) is 26.5. The van der Waals surface area contributed by atoms with Crippen LogP contribution in [-0.2, 0) is 14.8 Å². The monoisotopic (exact) mass is 459 g/mol. The van der Waals surface area contributed by atoms with Crippen molar-refractivity contribution in [1.29, 1.82) is 0 Å². The van der Waals surface area contributed by atoms with E-state index in [2.05, 4.69) is 0 Å². The zero-order chi connectivity index (χ0) is 23.2. The average Bonchev–Trinajstić information content (AvgIpc) is 3.43. The maximum atomic E-state index is 13.7. The van der Waals surface area contributed by atoms with E-state index in [-0.39, 0.29) is 32.8 Å². The number of ether oxygens (including phenoxy) is 1. The Labute approximate surface area is 188 Å². The summed E-state index contributed by atoms with van der Waals surface area (Å²) in [5.74, 6) is -1.66. The van der Waals surface area contributed by atoms with E-state index in [1.807, 2.05) is 0 Å². The van der Waals surface area contributed by atoms with E-state index in [0.29, 0.717) is 11.0 Å². The molecule has 7 nitrogen and oxygen atoms in total. The number of hydrogen-bond acceptors (Lipinski definition) is 6. The predicted molar refractivity (Wildman–Crippen MR) is 122 cm³/mol. The van der Waals surface area contributed by atoms with Crippen LogP contribution < -0.4 is 0 Å². The second-order valence-corrected chi connectivity index (χ2v) is 9.08. The predicted octanol–water partition coefficient (Wildman–Crippen LogP) is 4.64. The molecule has 3 aromatic carbocycles. The summed E-state index contributed by atoms with van der Waals surface area (Å²) in [6.07, 6.45) is 0. The van der Waals surface area contributed by atoms with Crippen molar-refractivity contribution < 1.29 is 27.2 Å². The van der Waals surface area contributed by atoms with Gasteiger partial charge in [-0.25, -0.2) is 17.2 Å². The number of benzene rings is 3. The molecule has 33 heavy (non-hydrogen) atoms. The van der Waals surface area contributed by atoms with Crippen LogP contribution in [0.5, 0.6) is 0 Å². The molecular formula is C25H17NO6S. The summed E-state index contributed by atoms with van der Waals surface area (Å²) in [5.41, 5.74) is 0.166. The standard InChI is InChI=1S/C25H17NO6S/c1-31-25(28)22-18-12-6-7-13-19(18)26(33(29,30)17-10-3-2-4-11-17)23(22)24(27)21-15-16-9-5-8-14-20(16)32-21/h2-15H,1H3. The second kappa shape index (κ2) is 7.75. The minimum absolute atomic E-state index is 0.0270. The highest BCUT2D eigenvalue weighted by Crippen LogP contribution is 2.33. The van der Waals surface area contributed by atoms with E-state index in [4.69, 9.17) is 9.15 Å². The van der Waals surface area contributed by atoms with Crippen molar-refractivity contribution in [2.45, 2.75) is 4.90 Å². The van der Waals surface area contributed by atoms with Gasteiger partial charge < -0.3 is 9.15 Å². The largest absolute Gasteiger partial charge is 0.465 e. The maximum Gasteiger partial charge on any atom is 0.340 e. The molecule has 0 radical (unpaired) electrons. The first-order valence-electron chi connectivity index (χ1n) is 9.99. The molecule has 2 heterocycles.